The summed E-state index contributed by atoms with van der Waals surface area (Å²) >= 11 is 0. The van der Waals surface area contributed by atoms with Crippen molar-refractivity contribution in [1.82, 2.24) is 4.57 Å². The van der Waals surface area contributed by atoms with Gasteiger partial charge in [-0.15, -0.1) is 0 Å². The van der Waals surface area contributed by atoms with Crippen LogP contribution in [0.4, 0.5) is 5.69 Å². The maximum atomic E-state index is 13.7. The molecule has 0 saturated heterocycles. The van der Waals surface area contributed by atoms with Gasteiger partial charge in [-0.3, -0.25) is 0 Å². The second-order valence-corrected chi connectivity index (χ2v) is 10.9. The average Bonchev–Trinajstić information content (AvgIpc) is 3.51. The lowest BCUT2D eigenvalue weighted by Gasteiger charge is -2.33. The summed E-state index contributed by atoms with van der Waals surface area (Å²) in [5, 5.41) is 1.06. The molecule has 0 bridgehead atoms. The molecule has 5 heteroatoms. The van der Waals surface area contributed by atoms with Crippen LogP contribution >= 0.6 is 0 Å². The molecule has 0 amide bonds. The minimum Gasteiger partial charge on any atom is -0.488 e. The zero-order chi connectivity index (χ0) is 30.1. The second-order valence-electron chi connectivity index (χ2n) is 10.9. The van der Waals surface area contributed by atoms with Gasteiger partial charge < -0.3 is 18.9 Å². The standard InChI is InChI=1S/C38H38N2O3/c1-6-27-18-20-28(21-19-27)25-42-35-24-29(39(7-2)8-3)22-23-33(35)38(32-16-12-10-14-30(32)37(41)43-38)36-26(5)40(9-4)34-17-13-11-15-31(34)36/h6,10-24H,1,7-9,25H2,2-5H3. The maximum absolute atomic E-state index is 13.7. The smallest absolute Gasteiger partial charge is 0.340 e. The molecule has 0 spiro atoms. The number of carbonyl (C=O) groups is 1. The molecule has 5 nitrogen and oxygen atoms in total. The Morgan fingerprint density at radius 1 is 0.907 bits per heavy atom. The lowest BCUT2D eigenvalue weighted by atomic mass is 9.78. The fourth-order valence-corrected chi connectivity index (χ4v) is 6.64. The fourth-order valence-electron chi connectivity index (χ4n) is 6.64. The van der Waals surface area contributed by atoms with Gasteiger partial charge in [-0.25, -0.2) is 4.79 Å². The molecule has 0 radical (unpaired) electrons. The van der Waals surface area contributed by atoms with Crippen molar-refractivity contribution in [2.45, 2.75) is 46.4 Å². The Hall–Kier alpha value is -4.77. The van der Waals surface area contributed by atoms with Gasteiger partial charge in [0.2, 0.25) is 0 Å². The SMILES string of the molecule is C=Cc1ccc(COc2cc(N(CC)CC)ccc2C2(c3c(C)n(CC)c4ccccc34)OC(=O)c3ccccc32)cc1. The number of hydrogen-bond acceptors (Lipinski definition) is 4. The predicted octanol–water partition coefficient (Wildman–Crippen LogP) is 8.50. The van der Waals surface area contributed by atoms with Crippen molar-refractivity contribution < 1.29 is 14.3 Å². The molecule has 1 aliphatic rings. The third-order valence-corrected chi connectivity index (χ3v) is 8.75. The van der Waals surface area contributed by atoms with Crippen molar-refractivity contribution in [3.8, 4) is 5.75 Å². The van der Waals surface area contributed by atoms with Crippen LogP contribution in [0.15, 0.2) is 97.6 Å². The first-order valence-electron chi connectivity index (χ1n) is 15.1. The molecule has 43 heavy (non-hydrogen) atoms. The van der Waals surface area contributed by atoms with Gasteiger partial charge in [0, 0.05) is 64.7 Å². The van der Waals surface area contributed by atoms with Gasteiger partial charge in [0.15, 0.2) is 5.60 Å². The van der Waals surface area contributed by atoms with Crippen LogP contribution in [-0.2, 0) is 23.5 Å². The number of benzene rings is 4. The number of aryl methyl sites for hydroxylation is 1. The van der Waals surface area contributed by atoms with Crippen molar-refractivity contribution in [1.29, 1.82) is 0 Å². The minimum atomic E-state index is -1.19. The van der Waals surface area contributed by atoms with E-state index in [-0.39, 0.29) is 5.97 Å². The Kier molecular flexibility index (Phi) is 7.57. The third kappa shape index (κ3) is 4.60. The number of para-hydroxylation sites is 1. The number of hydrogen-bond donors (Lipinski definition) is 0. The summed E-state index contributed by atoms with van der Waals surface area (Å²) < 4.78 is 15.7. The molecule has 0 aliphatic carbocycles. The van der Waals surface area contributed by atoms with E-state index in [4.69, 9.17) is 9.47 Å². The van der Waals surface area contributed by atoms with E-state index < -0.39 is 5.60 Å². The first-order valence-corrected chi connectivity index (χ1v) is 15.1. The van der Waals surface area contributed by atoms with E-state index in [0.29, 0.717) is 17.9 Å². The Morgan fingerprint density at radius 3 is 2.35 bits per heavy atom. The lowest BCUT2D eigenvalue weighted by Crippen LogP contribution is -2.31. The molecule has 1 atom stereocenters. The molecule has 0 saturated carbocycles. The summed E-state index contributed by atoms with van der Waals surface area (Å²) in [4.78, 5) is 16.0. The van der Waals surface area contributed by atoms with Gasteiger partial charge in [0.25, 0.3) is 0 Å². The Morgan fingerprint density at radius 2 is 1.63 bits per heavy atom. The second kappa shape index (κ2) is 11.5. The highest BCUT2D eigenvalue weighted by atomic mass is 16.6. The molecule has 4 aromatic carbocycles. The largest absolute Gasteiger partial charge is 0.488 e. The number of cyclic esters (lactones) is 1. The number of carbonyl (C=O) groups excluding carboxylic acids is 1. The zero-order valence-corrected chi connectivity index (χ0v) is 25.4. The highest BCUT2D eigenvalue weighted by Crippen LogP contribution is 2.53. The lowest BCUT2D eigenvalue weighted by molar-refractivity contribution is 0.0245. The van der Waals surface area contributed by atoms with E-state index in [2.05, 4.69) is 98.3 Å². The van der Waals surface area contributed by atoms with Crippen molar-refractivity contribution in [2.24, 2.45) is 0 Å². The summed E-state index contributed by atoms with van der Waals surface area (Å²) in [6.45, 7) is 15.3. The number of aromatic nitrogens is 1. The van der Waals surface area contributed by atoms with Gasteiger partial charge in [0.05, 0.1) is 5.56 Å². The fraction of sp³-hybridized carbons (Fsp3) is 0.237. The average molecular weight is 571 g/mol. The first kappa shape index (κ1) is 28.4. The van der Waals surface area contributed by atoms with E-state index >= 15 is 0 Å². The molecular formula is C38H38N2O3. The predicted molar refractivity (Wildman–Crippen MR) is 175 cm³/mol. The molecule has 0 N–H and O–H groups in total. The molecule has 218 valence electrons. The van der Waals surface area contributed by atoms with Crippen molar-refractivity contribution in [2.75, 3.05) is 18.0 Å². The zero-order valence-electron chi connectivity index (χ0n) is 25.4. The van der Waals surface area contributed by atoms with Crippen LogP contribution in [0, 0.1) is 6.92 Å². The maximum Gasteiger partial charge on any atom is 0.340 e. The van der Waals surface area contributed by atoms with Crippen molar-refractivity contribution >= 4 is 28.6 Å². The summed E-state index contributed by atoms with van der Waals surface area (Å²) in [6, 6.07) is 30.7. The van der Waals surface area contributed by atoms with Gasteiger partial charge in [0.1, 0.15) is 12.4 Å². The van der Waals surface area contributed by atoms with E-state index in [0.717, 1.165) is 69.7 Å². The highest BCUT2D eigenvalue weighted by molar-refractivity contribution is 5.99. The third-order valence-electron chi connectivity index (χ3n) is 8.75. The molecule has 1 unspecified atom stereocenters. The van der Waals surface area contributed by atoms with Crippen LogP contribution in [0.5, 0.6) is 5.75 Å². The summed E-state index contributed by atoms with van der Waals surface area (Å²) in [6.07, 6.45) is 1.83. The quantitative estimate of drug-likeness (QED) is 0.158. The molecule has 1 aromatic heterocycles. The van der Waals surface area contributed by atoms with Gasteiger partial charge in [-0.2, -0.15) is 0 Å². The molecule has 5 aromatic rings. The normalized spacial score (nSPS) is 15.8. The van der Waals surface area contributed by atoms with Gasteiger partial charge >= 0.3 is 5.97 Å². The summed E-state index contributed by atoms with van der Waals surface area (Å²) in [5.41, 5.74) is 7.34. The van der Waals surface area contributed by atoms with Crippen LogP contribution < -0.4 is 9.64 Å². The molecule has 0 fully saturated rings. The number of ether oxygens (including phenoxy) is 2. The topological polar surface area (TPSA) is 43.7 Å². The van der Waals surface area contributed by atoms with E-state index in [1.54, 1.807) is 0 Å². The van der Waals surface area contributed by atoms with Crippen LogP contribution in [0.25, 0.3) is 17.0 Å². The summed E-state index contributed by atoms with van der Waals surface area (Å²) in [7, 11) is 0. The molecule has 6 rings (SSSR count). The number of nitrogens with zero attached hydrogens (tertiary/aromatic N) is 2. The van der Waals surface area contributed by atoms with Crippen LogP contribution in [0.1, 0.15) is 64.6 Å². The van der Waals surface area contributed by atoms with Crippen LogP contribution in [-0.4, -0.2) is 23.6 Å². The molecular weight excluding hydrogens is 532 g/mol. The number of rotatable bonds is 10. The van der Waals surface area contributed by atoms with Crippen molar-refractivity contribution in [3.05, 3.63) is 137 Å². The minimum absolute atomic E-state index is 0.331. The molecule has 1 aliphatic heterocycles. The van der Waals surface area contributed by atoms with Crippen LogP contribution in [0.3, 0.4) is 0 Å². The van der Waals surface area contributed by atoms with E-state index in [1.807, 2.05) is 42.5 Å². The summed E-state index contributed by atoms with van der Waals surface area (Å²) in [5.74, 6) is 0.358. The number of fused-ring (bicyclic) bond motifs is 2. The first-order chi connectivity index (χ1) is 21.0. The monoisotopic (exact) mass is 570 g/mol. The number of anilines is 1. The Bertz CT molecular complexity index is 1810. The Labute approximate surface area is 254 Å². The van der Waals surface area contributed by atoms with Crippen molar-refractivity contribution in [3.63, 3.8) is 0 Å². The van der Waals surface area contributed by atoms with Gasteiger partial charge in [-0.05, 0) is 63.1 Å². The Balaban J connectivity index is 1.63. The molecule has 2 heterocycles. The van der Waals surface area contributed by atoms with E-state index in [9.17, 15) is 4.79 Å². The van der Waals surface area contributed by atoms with Crippen LogP contribution in [0.2, 0.25) is 0 Å². The van der Waals surface area contributed by atoms with E-state index in [1.165, 1.54) is 0 Å². The highest BCUT2D eigenvalue weighted by Gasteiger charge is 2.52. The number of esters is 1. The van der Waals surface area contributed by atoms with Gasteiger partial charge in [-0.1, -0.05) is 73.3 Å².